The first-order valence-electron chi connectivity index (χ1n) is 6.14. The minimum absolute atomic E-state index is 0.270. The SMILES string of the molecule is COc1cc(C(=O)NCc2cocn2)cc(OC)c1OC. The summed E-state index contributed by atoms with van der Waals surface area (Å²) < 4.78 is 20.5. The highest BCUT2D eigenvalue weighted by Gasteiger charge is 2.16. The van der Waals surface area contributed by atoms with E-state index in [1.54, 1.807) is 12.1 Å². The number of benzene rings is 1. The van der Waals surface area contributed by atoms with Gasteiger partial charge in [0.1, 0.15) is 6.26 Å². The predicted molar refractivity (Wildman–Crippen MR) is 73.8 cm³/mol. The summed E-state index contributed by atoms with van der Waals surface area (Å²) in [5.41, 5.74) is 1.03. The van der Waals surface area contributed by atoms with Crippen LogP contribution in [0, 0.1) is 0 Å². The highest BCUT2D eigenvalue weighted by Crippen LogP contribution is 2.38. The van der Waals surface area contributed by atoms with Gasteiger partial charge in [-0.05, 0) is 12.1 Å². The van der Waals surface area contributed by atoms with E-state index >= 15 is 0 Å². The van der Waals surface area contributed by atoms with E-state index in [-0.39, 0.29) is 12.5 Å². The van der Waals surface area contributed by atoms with Crippen molar-refractivity contribution < 1.29 is 23.4 Å². The van der Waals surface area contributed by atoms with Crippen molar-refractivity contribution in [2.24, 2.45) is 0 Å². The molecule has 0 saturated carbocycles. The van der Waals surface area contributed by atoms with E-state index in [9.17, 15) is 4.79 Å². The summed E-state index contributed by atoms with van der Waals surface area (Å²) in [6.07, 6.45) is 2.77. The molecule has 112 valence electrons. The molecule has 0 unspecified atom stereocenters. The monoisotopic (exact) mass is 292 g/mol. The van der Waals surface area contributed by atoms with E-state index in [1.807, 2.05) is 0 Å². The molecule has 7 nitrogen and oxygen atoms in total. The Hall–Kier alpha value is -2.70. The first kappa shape index (κ1) is 14.7. The predicted octanol–water partition coefficient (Wildman–Crippen LogP) is 1.63. The van der Waals surface area contributed by atoms with Crippen molar-refractivity contribution in [3.8, 4) is 17.2 Å². The average Bonchev–Trinajstić information content (AvgIpc) is 3.04. The third-order valence-corrected chi connectivity index (χ3v) is 2.84. The number of rotatable bonds is 6. The van der Waals surface area contributed by atoms with Gasteiger partial charge in [-0.3, -0.25) is 4.79 Å². The van der Waals surface area contributed by atoms with Crippen molar-refractivity contribution in [2.45, 2.75) is 6.54 Å². The largest absolute Gasteiger partial charge is 0.493 e. The standard InChI is InChI=1S/C14H16N2O5/c1-18-11-4-9(5-12(19-2)13(11)20-3)14(17)15-6-10-7-21-8-16-10/h4-5,7-8H,6H2,1-3H3,(H,15,17). The average molecular weight is 292 g/mol. The number of carbonyl (C=O) groups is 1. The van der Waals surface area contributed by atoms with E-state index in [0.29, 0.717) is 28.5 Å². The van der Waals surface area contributed by atoms with Crippen LogP contribution in [-0.2, 0) is 6.54 Å². The number of nitrogens with one attached hydrogen (secondary N) is 1. The highest BCUT2D eigenvalue weighted by atomic mass is 16.5. The Labute approximate surface area is 121 Å². The number of methoxy groups -OCH3 is 3. The van der Waals surface area contributed by atoms with Gasteiger partial charge in [-0.1, -0.05) is 0 Å². The summed E-state index contributed by atoms with van der Waals surface area (Å²) in [6, 6.07) is 3.17. The molecular weight excluding hydrogens is 276 g/mol. The second-order valence-corrected chi connectivity index (χ2v) is 4.08. The minimum atomic E-state index is -0.280. The van der Waals surface area contributed by atoms with Gasteiger partial charge in [0.25, 0.3) is 5.91 Å². The van der Waals surface area contributed by atoms with Crippen LogP contribution in [0.1, 0.15) is 16.1 Å². The van der Waals surface area contributed by atoms with Gasteiger partial charge in [-0.15, -0.1) is 0 Å². The quantitative estimate of drug-likeness (QED) is 0.871. The van der Waals surface area contributed by atoms with Crippen LogP contribution in [0.3, 0.4) is 0 Å². The van der Waals surface area contributed by atoms with Gasteiger partial charge < -0.3 is 23.9 Å². The van der Waals surface area contributed by atoms with Crippen LogP contribution in [0.25, 0.3) is 0 Å². The lowest BCUT2D eigenvalue weighted by Gasteiger charge is -2.13. The smallest absolute Gasteiger partial charge is 0.251 e. The zero-order valence-corrected chi connectivity index (χ0v) is 12.0. The van der Waals surface area contributed by atoms with Crippen molar-refractivity contribution in [1.82, 2.24) is 10.3 Å². The summed E-state index contributed by atoms with van der Waals surface area (Å²) in [7, 11) is 4.49. The summed E-state index contributed by atoms with van der Waals surface area (Å²) in [6.45, 7) is 0.270. The third kappa shape index (κ3) is 3.25. The minimum Gasteiger partial charge on any atom is -0.493 e. The number of aromatic nitrogens is 1. The molecule has 21 heavy (non-hydrogen) atoms. The topological polar surface area (TPSA) is 82.8 Å². The van der Waals surface area contributed by atoms with E-state index in [0.717, 1.165) is 0 Å². The maximum Gasteiger partial charge on any atom is 0.251 e. The lowest BCUT2D eigenvalue weighted by atomic mass is 10.1. The lowest BCUT2D eigenvalue weighted by molar-refractivity contribution is 0.0949. The van der Waals surface area contributed by atoms with Crippen LogP contribution in [0.2, 0.25) is 0 Å². The van der Waals surface area contributed by atoms with Gasteiger partial charge in [0, 0.05) is 5.56 Å². The zero-order valence-electron chi connectivity index (χ0n) is 12.0. The maximum atomic E-state index is 12.2. The van der Waals surface area contributed by atoms with Crippen LogP contribution in [0.5, 0.6) is 17.2 Å². The molecule has 0 bridgehead atoms. The Morgan fingerprint density at radius 1 is 1.19 bits per heavy atom. The number of hydrogen-bond donors (Lipinski definition) is 1. The van der Waals surface area contributed by atoms with E-state index < -0.39 is 0 Å². The van der Waals surface area contributed by atoms with Crippen LogP contribution >= 0.6 is 0 Å². The Balaban J connectivity index is 2.20. The number of ether oxygens (including phenoxy) is 3. The molecule has 1 aromatic carbocycles. The fourth-order valence-electron chi connectivity index (χ4n) is 1.81. The highest BCUT2D eigenvalue weighted by molar-refractivity contribution is 5.95. The number of hydrogen-bond acceptors (Lipinski definition) is 6. The molecule has 0 fully saturated rings. The molecule has 0 aliphatic heterocycles. The summed E-state index contributed by atoms with van der Waals surface area (Å²) in [4.78, 5) is 16.1. The molecule has 1 amide bonds. The molecule has 2 rings (SSSR count). The first-order valence-corrected chi connectivity index (χ1v) is 6.14. The van der Waals surface area contributed by atoms with Crippen molar-refractivity contribution in [3.63, 3.8) is 0 Å². The lowest BCUT2D eigenvalue weighted by Crippen LogP contribution is -2.23. The van der Waals surface area contributed by atoms with Gasteiger partial charge in [-0.25, -0.2) is 4.98 Å². The van der Waals surface area contributed by atoms with Crippen LogP contribution in [0.15, 0.2) is 29.2 Å². The number of carbonyl (C=O) groups excluding carboxylic acids is 1. The van der Waals surface area contributed by atoms with Gasteiger partial charge in [-0.2, -0.15) is 0 Å². The number of amides is 1. The number of oxazole rings is 1. The van der Waals surface area contributed by atoms with Gasteiger partial charge in [0.2, 0.25) is 5.75 Å². The Kier molecular flexibility index (Phi) is 4.65. The Morgan fingerprint density at radius 2 is 1.86 bits per heavy atom. The molecular formula is C14H16N2O5. The first-order chi connectivity index (χ1) is 10.2. The normalized spacial score (nSPS) is 10.0. The molecule has 1 aromatic heterocycles. The van der Waals surface area contributed by atoms with Crippen molar-refractivity contribution >= 4 is 5.91 Å². The van der Waals surface area contributed by atoms with Gasteiger partial charge in [0.05, 0.1) is 33.6 Å². The molecule has 0 radical (unpaired) electrons. The van der Waals surface area contributed by atoms with Gasteiger partial charge in [0.15, 0.2) is 17.9 Å². The fourth-order valence-corrected chi connectivity index (χ4v) is 1.81. The Bertz CT molecular complexity index is 585. The molecule has 7 heteroatoms. The van der Waals surface area contributed by atoms with Crippen molar-refractivity contribution in [2.75, 3.05) is 21.3 Å². The fraction of sp³-hybridized carbons (Fsp3) is 0.286. The molecule has 0 saturated heterocycles. The summed E-state index contributed by atoms with van der Waals surface area (Å²) >= 11 is 0. The maximum absolute atomic E-state index is 12.2. The van der Waals surface area contributed by atoms with Crippen LogP contribution in [-0.4, -0.2) is 32.2 Å². The second-order valence-electron chi connectivity index (χ2n) is 4.08. The molecule has 0 aliphatic rings. The molecule has 1 heterocycles. The van der Waals surface area contributed by atoms with Crippen molar-refractivity contribution in [3.05, 3.63) is 36.0 Å². The number of nitrogens with zero attached hydrogens (tertiary/aromatic N) is 1. The van der Waals surface area contributed by atoms with Gasteiger partial charge >= 0.3 is 0 Å². The third-order valence-electron chi connectivity index (χ3n) is 2.84. The molecule has 0 spiro atoms. The summed E-state index contributed by atoms with van der Waals surface area (Å²) in [5.74, 6) is 0.997. The van der Waals surface area contributed by atoms with Crippen LogP contribution in [0.4, 0.5) is 0 Å². The summed E-state index contributed by atoms with van der Waals surface area (Å²) in [5, 5.41) is 2.73. The molecule has 0 aliphatic carbocycles. The molecule has 0 atom stereocenters. The molecule has 1 N–H and O–H groups in total. The second kappa shape index (κ2) is 6.65. The Morgan fingerprint density at radius 3 is 2.33 bits per heavy atom. The molecule has 2 aromatic rings. The zero-order chi connectivity index (χ0) is 15.2. The van der Waals surface area contributed by atoms with E-state index in [4.69, 9.17) is 18.6 Å². The van der Waals surface area contributed by atoms with Crippen molar-refractivity contribution in [1.29, 1.82) is 0 Å². The van der Waals surface area contributed by atoms with E-state index in [1.165, 1.54) is 34.0 Å². The van der Waals surface area contributed by atoms with E-state index in [2.05, 4.69) is 10.3 Å². The van der Waals surface area contributed by atoms with Crippen LogP contribution < -0.4 is 19.5 Å².